The number of carbonyl (C=O) groups is 1. The van der Waals surface area contributed by atoms with E-state index in [4.69, 9.17) is 4.74 Å². The molecule has 206 valence electrons. The lowest BCUT2D eigenvalue weighted by molar-refractivity contribution is 0.0809. The Morgan fingerprint density at radius 2 is 1.74 bits per heavy atom. The molecule has 2 N–H and O–H groups in total. The van der Waals surface area contributed by atoms with Gasteiger partial charge in [0, 0.05) is 32.2 Å². The number of para-hydroxylation sites is 1. The molecule has 0 aliphatic carbocycles. The van der Waals surface area contributed by atoms with Crippen LogP contribution >= 0.6 is 0 Å². The summed E-state index contributed by atoms with van der Waals surface area (Å²) in [6.45, 7) is 7.74. The normalized spacial score (nSPS) is 11.7. The Bertz CT molecular complexity index is 1440. The highest BCUT2D eigenvalue weighted by Crippen LogP contribution is 2.33. The average molecular weight is 552 g/mol. The van der Waals surface area contributed by atoms with Crippen molar-refractivity contribution in [3.63, 3.8) is 0 Å². The van der Waals surface area contributed by atoms with Crippen LogP contribution in [0.4, 0.5) is 8.78 Å². The molecule has 6 nitrogen and oxygen atoms in total. The highest BCUT2D eigenvalue weighted by molar-refractivity contribution is 6.76. The average Bonchev–Trinajstić information content (AvgIpc) is 3.26. The summed E-state index contributed by atoms with van der Waals surface area (Å²) in [7, 11) is -1.30. The number of aromatic hydroxyl groups is 1. The van der Waals surface area contributed by atoms with Crippen LogP contribution in [0, 0.1) is 11.6 Å². The van der Waals surface area contributed by atoms with Gasteiger partial charge in [-0.25, -0.2) is 13.5 Å². The third-order valence-corrected chi connectivity index (χ3v) is 8.26. The molecule has 0 saturated carbocycles. The van der Waals surface area contributed by atoms with Gasteiger partial charge in [-0.2, -0.15) is 5.10 Å². The standard InChI is InChI=1S/C30H35F2N3O3Si/c1-39(2,3)18-17-38-20-35-29-24(19-23(27(31)28(29)32)21-11-5-4-6-12-21)25(34-35)14-9-10-16-33-30(37)22-13-7-8-15-26(22)36/h4-8,11-13,15,19,36H,9-10,14,16-18,20H2,1-3H3,(H,33,37). The van der Waals surface area contributed by atoms with Gasteiger partial charge >= 0.3 is 0 Å². The minimum Gasteiger partial charge on any atom is -0.507 e. The maximum absolute atomic E-state index is 15.5. The highest BCUT2D eigenvalue weighted by Gasteiger charge is 2.22. The fraction of sp³-hybridized carbons (Fsp3) is 0.333. The number of ether oxygens (including phenoxy) is 1. The van der Waals surface area contributed by atoms with Gasteiger partial charge < -0.3 is 15.2 Å². The summed E-state index contributed by atoms with van der Waals surface area (Å²) in [5, 5.41) is 17.9. The number of phenols is 1. The van der Waals surface area contributed by atoms with E-state index < -0.39 is 19.7 Å². The summed E-state index contributed by atoms with van der Waals surface area (Å²) in [4.78, 5) is 12.3. The third kappa shape index (κ3) is 7.10. The van der Waals surface area contributed by atoms with Crippen LogP contribution in [0.25, 0.3) is 22.0 Å². The van der Waals surface area contributed by atoms with E-state index in [1.54, 1.807) is 48.5 Å². The Morgan fingerprint density at radius 1 is 1.03 bits per heavy atom. The lowest BCUT2D eigenvalue weighted by Gasteiger charge is -2.15. The van der Waals surface area contributed by atoms with E-state index >= 15 is 8.78 Å². The molecule has 1 amide bonds. The fourth-order valence-electron chi connectivity index (χ4n) is 4.35. The summed E-state index contributed by atoms with van der Waals surface area (Å²) in [5.41, 5.74) is 1.76. The van der Waals surface area contributed by atoms with E-state index in [1.807, 2.05) is 6.07 Å². The summed E-state index contributed by atoms with van der Waals surface area (Å²) < 4.78 is 38.0. The van der Waals surface area contributed by atoms with Gasteiger partial charge in [0.15, 0.2) is 11.6 Å². The zero-order valence-corrected chi connectivity index (χ0v) is 23.6. The number of aromatic nitrogens is 2. The Kier molecular flexibility index (Phi) is 9.14. The predicted octanol–water partition coefficient (Wildman–Crippen LogP) is 6.75. The van der Waals surface area contributed by atoms with Crippen LogP contribution < -0.4 is 5.32 Å². The van der Waals surface area contributed by atoms with Crippen molar-refractivity contribution >= 4 is 24.9 Å². The number of halogens is 2. The molecule has 0 unspecified atom stereocenters. The molecule has 0 spiro atoms. The van der Waals surface area contributed by atoms with Crippen molar-refractivity contribution in [3.8, 4) is 16.9 Å². The van der Waals surface area contributed by atoms with Crippen molar-refractivity contribution in [2.24, 2.45) is 0 Å². The predicted molar refractivity (Wildman–Crippen MR) is 153 cm³/mol. The van der Waals surface area contributed by atoms with Crippen molar-refractivity contribution in [1.82, 2.24) is 15.1 Å². The Hall–Kier alpha value is -3.56. The first-order valence-corrected chi connectivity index (χ1v) is 16.9. The van der Waals surface area contributed by atoms with Gasteiger partial charge in [0.1, 0.15) is 18.0 Å². The van der Waals surface area contributed by atoms with Gasteiger partial charge in [-0.15, -0.1) is 0 Å². The Morgan fingerprint density at radius 3 is 2.46 bits per heavy atom. The van der Waals surface area contributed by atoms with Gasteiger partial charge in [0.2, 0.25) is 0 Å². The van der Waals surface area contributed by atoms with E-state index in [0.29, 0.717) is 49.1 Å². The van der Waals surface area contributed by atoms with Crippen molar-refractivity contribution in [3.05, 3.63) is 83.6 Å². The number of phenolic OH excluding ortho intramolecular Hbond substituents is 1. The zero-order chi connectivity index (χ0) is 28.0. The van der Waals surface area contributed by atoms with E-state index in [-0.39, 0.29) is 35.0 Å². The minimum absolute atomic E-state index is 0.0403. The van der Waals surface area contributed by atoms with Gasteiger partial charge in [0.25, 0.3) is 5.91 Å². The number of unbranched alkanes of at least 4 members (excludes halogenated alkanes) is 1. The van der Waals surface area contributed by atoms with Crippen molar-refractivity contribution in [2.75, 3.05) is 13.2 Å². The summed E-state index contributed by atoms with van der Waals surface area (Å²) >= 11 is 0. The Labute approximate surface area is 228 Å². The van der Waals surface area contributed by atoms with E-state index in [9.17, 15) is 9.90 Å². The fourth-order valence-corrected chi connectivity index (χ4v) is 5.11. The maximum atomic E-state index is 15.5. The van der Waals surface area contributed by atoms with Crippen LogP contribution in [0.3, 0.4) is 0 Å². The molecule has 0 aliphatic rings. The molecular formula is C30H35F2N3O3Si. The topological polar surface area (TPSA) is 76.4 Å². The van der Waals surface area contributed by atoms with E-state index in [1.165, 1.54) is 10.7 Å². The van der Waals surface area contributed by atoms with Gasteiger partial charge in [-0.05, 0) is 49.1 Å². The van der Waals surface area contributed by atoms with Crippen molar-refractivity contribution in [2.45, 2.75) is 51.7 Å². The minimum atomic E-state index is -1.30. The molecular weight excluding hydrogens is 516 g/mol. The highest BCUT2D eigenvalue weighted by atomic mass is 28.3. The smallest absolute Gasteiger partial charge is 0.255 e. The van der Waals surface area contributed by atoms with E-state index in [0.717, 1.165) is 6.04 Å². The Balaban J connectivity index is 1.51. The van der Waals surface area contributed by atoms with E-state index in [2.05, 4.69) is 30.1 Å². The lowest BCUT2D eigenvalue weighted by atomic mass is 10.0. The number of hydrogen-bond donors (Lipinski definition) is 2. The number of nitrogens with one attached hydrogen (secondary N) is 1. The van der Waals surface area contributed by atoms with Crippen molar-refractivity contribution < 1.29 is 23.4 Å². The monoisotopic (exact) mass is 551 g/mol. The quantitative estimate of drug-likeness (QED) is 0.151. The molecule has 3 aromatic carbocycles. The molecule has 0 fully saturated rings. The van der Waals surface area contributed by atoms with Gasteiger partial charge in [0.05, 0.1) is 11.3 Å². The molecule has 0 bridgehead atoms. The molecule has 4 rings (SSSR count). The molecule has 0 atom stereocenters. The van der Waals surface area contributed by atoms with Crippen LogP contribution in [-0.2, 0) is 17.9 Å². The van der Waals surface area contributed by atoms with Crippen LogP contribution in [0.2, 0.25) is 25.7 Å². The molecule has 1 heterocycles. The zero-order valence-electron chi connectivity index (χ0n) is 22.6. The summed E-state index contributed by atoms with van der Waals surface area (Å²) in [6, 6.07) is 17.9. The molecule has 0 aliphatic heterocycles. The van der Waals surface area contributed by atoms with Gasteiger partial charge in [-0.3, -0.25) is 4.79 Å². The van der Waals surface area contributed by atoms with Crippen LogP contribution in [0.1, 0.15) is 28.9 Å². The number of benzene rings is 3. The molecule has 1 aromatic heterocycles. The molecule has 39 heavy (non-hydrogen) atoms. The number of fused-ring (bicyclic) bond motifs is 1. The second-order valence-corrected chi connectivity index (χ2v) is 16.5. The summed E-state index contributed by atoms with van der Waals surface area (Å²) in [5.74, 6) is -2.25. The number of nitrogens with zero attached hydrogens (tertiary/aromatic N) is 2. The number of hydrogen-bond acceptors (Lipinski definition) is 4. The largest absolute Gasteiger partial charge is 0.507 e. The number of amides is 1. The van der Waals surface area contributed by atoms with Crippen LogP contribution in [0.15, 0.2) is 60.7 Å². The molecule has 9 heteroatoms. The van der Waals surface area contributed by atoms with Crippen LogP contribution in [0.5, 0.6) is 5.75 Å². The van der Waals surface area contributed by atoms with Gasteiger partial charge in [-0.1, -0.05) is 62.1 Å². The number of carbonyl (C=O) groups excluding carboxylic acids is 1. The first kappa shape index (κ1) is 28.4. The molecule has 4 aromatic rings. The molecule has 0 saturated heterocycles. The second-order valence-electron chi connectivity index (χ2n) is 10.8. The maximum Gasteiger partial charge on any atom is 0.255 e. The third-order valence-electron chi connectivity index (χ3n) is 6.56. The SMILES string of the molecule is C[Si](C)(C)CCOCn1nc(CCCCNC(=O)c2ccccc2O)c2cc(-c3ccccc3)c(F)c(F)c21. The second kappa shape index (κ2) is 12.5. The number of aryl methyl sites for hydroxylation is 1. The molecule has 0 radical (unpaired) electrons. The summed E-state index contributed by atoms with van der Waals surface area (Å²) in [6.07, 6.45) is 1.84. The van der Waals surface area contributed by atoms with Crippen LogP contribution in [-0.4, -0.2) is 42.0 Å². The van der Waals surface area contributed by atoms with Crippen molar-refractivity contribution in [1.29, 1.82) is 0 Å². The first-order valence-electron chi connectivity index (χ1n) is 13.2. The number of rotatable bonds is 12. The first-order chi connectivity index (χ1) is 18.7. The lowest BCUT2D eigenvalue weighted by Crippen LogP contribution is -2.24.